The van der Waals surface area contributed by atoms with Crippen LogP contribution in [0.4, 0.5) is 0 Å². The van der Waals surface area contributed by atoms with E-state index in [1.165, 1.54) is 0 Å². The number of rotatable bonds is 12. The van der Waals surface area contributed by atoms with E-state index in [9.17, 15) is 80.5 Å². The van der Waals surface area contributed by atoms with Crippen LogP contribution in [0.15, 0.2) is 0 Å². The molecule has 4 heterocycles. The highest BCUT2D eigenvalue weighted by molar-refractivity contribution is 5.74. The second-order valence-electron chi connectivity index (χ2n) is 12.7. The summed E-state index contributed by atoms with van der Waals surface area (Å²) >= 11 is 0. The summed E-state index contributed by atoms with van der Waals surface area (Å²) in [6.07, 6.45) is -36.5. The van der Waals surface area contributed by atoms with E-state index in [2.05, 4.69) is 10.6 Å². The molecule has 0 saturated carbocycles. The van der Waals surface area contributed by atoms with Crippen LogP contribution in [0.2, 0.25) is 0 Å². The van der Waals surface area contributed by atoms with Crippen molar-refractivity contribution in [2.24, 2.45) is 0 Å². The molecule has 0 radical (unpaired) electrons. The zero-order valence-corrected chi connectivity index (χ0v) is 27.8. The fourth-order valence-electron chi connectivity index (χ4n) is 6.30. The third-order valence-corrected chi connectivity index (χ3v) is 8.94. The summed E-state index contributed by atoms with van der Waals surface area (Å²) in [6.45, 7) is 0.116. The first kappa shape index (κ1) is 42.9. The summed E-state index contributed by atoms with van der Waals surface area (Å²) in [5, 5.41) is 129. The van der Waals surface area contributed by atoms with Crippen LogP contribution in [-0.4, -0.2) is 221 Å². The second-order valence-corrected chi connectivity index (χ2v) is 12.7. The minimum atomic E-state index is -2.30. The average Bonchev–Trinajstić information content (AvgIpc) is 3.08. The predicted octanol–water partition coefficient (Wildman–Crippen LogP) is -9.28. The Morgan fingerprint density at radius 1 is 0.509 bits per heavy atom. The Morgan fingerprint density at radius 2 is 0.943 bits per heavy atom. The largest absolute Gasteiger partial charge is 0.479 e. The smallest absolute Gasteiger partial charge is 0.335 e. The van der Waals surface area contributed by atoms with Crippen LogP contribution in [-0.2, 0) is 52.3 Å². The number of carboxylic acids is 2. The summed E-state index contributed by atoms with van der Waals surface area (Å²) in [5.74, 6) is -5.28. The molecule has 53 heavy (non-hydrogen) atoms. The Labute approximate surface area is 298 Å². The number of carbonyl (C=O) groups is 4. The van der Waals surface area contributed by atoms with Crippen molar-refractivity contribution >= 4 is 23.8 Å². The summed E-state index contributed by atoms with van der Waals surface area (Å²) < 4.78 is 38.0. The van der Waals surface area contributed by atoms with Gasteiger partial charge in [-0.1, -0.05) is 0 Å². The molecule has 0 unspecified atom stereocenters. The molecule has 4 aliphatic rings. The van der Waals surface area contributed by atoms with Gasteiger partial charge in [0, 0.05) is 13.8 Å². The maximum atomic E-state index is 12.5. The number of amides is 2. The lowest BCUT2D eigenvalue weighted by molar-refractivity contribution is -0.368. The average molecular weight is 777 g/mol. The molecular formula is C28H44N2O23. The molecule has 4 aliphatic heterocycles. The number of aliphatic hydroxyl groups excluding tert-OH is 10. The standard InChI is InChI=1S/C28H44N2O23/c1-5(33)29-9-18(11(35)7(3-31)47-25(9)46)49-28-17(41)15(39)20(22(53-28)24(44)45)51-26-10(30-6(2)34)19(12(36)8(4-32)48-26)50-27-16(40)13(37)14(38)21(52-27)23(42)43/h7-22,25-28,31-32,35-41,46H,3-4H2,1-2H3,(H,29,33)(H,30,34)(H,42,43)(H,44,45)/t7-,8-,9-,10-,11-,12-,13+,14-,15-,16-,17-,18-,19+,20+,21+,22-,25+,26+,27+,28-/m1/s1. The van der Waals surface area contributed by atoms with Gasteiger partial charge in [-0.15, -0.1) is 0 Å². The van der Waals surface area contributed by atoms with Gasteiger partial charge in [0.1, 0.15) is 85.3 Å². The normalized spacial score (nSPS) is 46.3. The Kier molecular flexibility index (Phi) is 14.4. The summed E-state index contributed by atoms with van der Waals surface area (Å²) in [6, 6.07) is -3.38. The van der Waals surface area contributed by atoms with E-state index in [1.807, 2.05) is 0 Å². The summed E-state index contributed by atoms with van der Waals surface area (Å²) in [5.41, 5.74) is 0. The molecule has 0 aliphatic carbocycles. The molecule has 4 rings (SSSR count). The van der Waals surface area contributed by atoms with Crippen molar-refractivity contribution in [3.8, 4) is 0 Å². The number of nitrogens with one attached hydrogen (secondary N) is 2. The highest BCUT2D eigenvalue weighted by Crippen LogP contribution is 2.34. The molecule has 25 heteroatoms. The molecular weight excluding hydrogens is 732 g/mol. The van der Waals surface area contributed by atoms with Crippen LogP contribution >= 0.6 is 0 Å². The number of hydrogen-bond donors (Lipinski definition) is 14. The molecule has 2 amide bonds. The zero-order valence-electron chi connectivity index (χ0n) is 27.8. The first-order chi connectivity index (χ1) is 24.8. The van der Waals surface area contributed by atoms with Gasteiger partial charge in [0.2, 0.25) is 11.8 Å². The molecule has 14 N–H and O–H groups in total. The molecule has 0 bridgehead atoms. The number of carbonyl (C=O) groups excluding carboxylic acids is 2. The third-order valence-electron chi connectivity index (χ3n) is 8.94. The number of hydrogen-bond acceptors (Lipinski definition) is 21. The van der Waals surface area contributed by atoms with E-state index >= 15 is 0 Å². The molecule has 0 spiro atoms. The lowest BCUT2D eigenvalue weighted by atomic mass is 9.94. The van der Waals surface area contributed by atoms with Gasteiger partial charge in [-0.3, -0.25) is 9.59 Å². The molecule has 0 aromatic carbocycles. The van der Waals surface area contributed by atoms with Crippen molar-refractivity contribution in [2.75, 3.05) is 13.2 Å². The van der Waals surface area contributed by atoms with Crippen LogP contribution in [0.5, 0.6) is 0 Å². The van der Waals surface area contributed by atoms with Crippen molar-refractivity contribution in [2.45, 2.75) is 137 Å². The van der Waals surface area contributed by atoms with Crippen molar-refractivity contribution in [1.82, 2.24) is 10.6 Å². The fraction of sp³-hybridized carbons (Fsp3) is 0.857. The van der Waals surface area contributed by atoms with Gasteiger partial charge < -0.3 is 105 Å². The van der Waals surface area contributed by atoms with E-state index in [1.54, 1.807) is 0 Å². The number of aliphatic hydroxyl groups is 10. The quantitative estimate of drug-likeness (QED) is 0.0875. The van der Waals surface area contributed by atoms with Gasteiger partial charge in [-0.2, -0.15) is 0 Å². The van der Waals surface area contributed by atoms with Crippen LogP contribution in [0.25, 0.3) is 0 Å². The van der Waals surface area contributed by atoms with E-state index in [0.717, 1.165) is 13.8 Å². The van der Waals surface area contributed by atoms with E-state index in [0.29, 0.717) is 0 Å². The predicted molar refractivity (Wildman–Crippen MR) is 158 cm³/mol. The van der Waals surface area contributed by atoms with E-state index in [4.69, 9.17) is 33.2 Å². The van der Waals surface area contributed by atoms with Crippen LogP contribution in [0, 0.1) is 0 Å². The molecule has 304 valence electrons. The van der Waals surface area contributed by atoms with Gasteiger partial charge in [-0.05, 0) is 0 Å². The third kappa shape index (κ3) is 9.19. The second kappa shape index (κ2) is 17.8. The number of carboxylic acid groups (broad SMARTS) is 2. The highest BCUT2D eigenvalue weighted by atomic mass is 16.8. The molecule has 4 saturated heterocycles. The fourth-order valence-corrected chi connectivity index (χ4v) is 6.30. The molecule has 0 aromatic heterocycles. The summed E-state index contributed by atoms with van der Waals surface area (Å²) in [4.78, 5) is 48.2. The van der Waals surface area contributed by atoms with Crippen LogP contribution in [0.3, 0.4) is 0 Å². The Hall–Kier alpha value is -2.80. The molecule has 0 aromatic rings. The first-order valence-corrected chi connectivity index (χ1v) is 16.1. The van der Waals surface area contributed by atoms with Gasteiger partial charge in [0.15, 0.2) is 37.4 Å². The van der Waals surface area contributed by atoms with Crippen molar-refractivity contribution in [3.63, 3.8) is 0 Å². The van der Waals surface area contributed by atoms with Crippen LogP contribution in [0.1, 0.15) is 13.8 Å². The Morgan fingerprint density at radius 3 is 1.43 bits per heavy atom. The maximum Gasteiger partial charge on any atom is 0.335 e. The van der Waals surface area contributed by atoms with Gasteiger partial charge >= 0.3 is 11.9 Å². The monoisotopic (exact) mass is 776 g/mol. The van der Waals surface area contributed by atoms with Crippen LogP contribution < -0.4 is 10.6 Å². The molecule has 4 fully saturated rings. The highest BCUT2D eigenvalue weighted by Gasteiger charge is 2.57. The first-order valence-electron chi connectivity index (χ1n) is 16.1. The molecule has 25 nitrogen and oxygen atoms in total. The molecule has 20 atom stereocenters. The summed E-state index contributed by atoms with van der Waals surface area (Å²) in [7, 11) is 0. The van der Waals surface area contributed by atoms with Crippen molar-refractivity contribution < 1.29 is 114 Å². The topological polar surface area (TPSA) is 400 Å². The zero-order chi connectivity index (χ0) is 39.6. The maximum absolute atomic E-state index is 12.5. The van der Waals surface area contributed by atoms with Crippen molar-refractivity contribution in [1.29, 1.82) is 0 Å². The minimum absolute atomic E-state index is 0.752. The lowest BCUT2D eigenvalue weighted by Crippen LogP contribution is -2.70. The van der Waals surface area contributed by atoms with E-state index < -0.39 is 160 Å². The number of aliphatic carboxylic acids is 2. The number of ether oxygens (including phenoxy) is 7. The minimum Gasteiger partial charge on any atom is -0.479 e. The van der Waals surface area contributed by atoms with Crippen molar-refractivity contribution in [3.05, 3.63) is 0 Å². The van der Waals surface area contributed by atoms with Gasteiger partial charge in [0.25, 0.3) is 0 Å². The van der Waals surface area contributed by atoms with E-state index in [-0.39, 0.29) is 0 Å². The van der Waals surface area contributed by atoms with Gasteiger partial charge in [0.05, 0.1) is 13.2 Å². The SMILES string of the molecule is CC(=O)N[C@@H]1[C@@H](O[C@@H]2O[C@@H](C(=O)O)[C@@H](O[C@@H]3O[C@H](CO)[C@@H](O)[C@@H](O[C@H]4O[C@H](C(=O)O)[C@H](O)[C@H](O)[C@H]4O)[C@H]3NC(C)=O)[C@H](O)[C@H]2O)[C@H](O)[C@@H](CO)O[C@@H]1O. The Balaban J connectivity index is 1.62. The van der Waals surface area contributed by atoms with Gasteiger partial charge in [-0.25, -0.2) is 9.59 Å². The Bertz CT molecular complexity index is 1300. The lowest BCUT2D eigenvalue weighted by Gasteiger charge is -2.49.